The van der Waals surface area contributed by atoms with E-state index >= 15 is 0 Å². The van der Waals surface area contributed by atoms with Crippen LogP contribution in [0.15, 0.2) is 12.1 Å². The lowest BCUT2D eigenvalue weighted by Crippen LogP contribution is -2.16. The zero-order valence-electron chi connectivity index (χ0n) is 11.3. The summed E-state index contributed by atoms with van der Waals surface area (Å²) >= 11 is 0. The molecule has 1 atom stereocenters. The molecule has 0 N–H and O–H groups in total. The second kappa shape index (κ2) is 6.06. The van der Waals surface area contributed by atoms with Crippen LogP contribution in [-0.2, 0) is 6.42 Å². The molecule has 1 aromatic carbocycles. The Morgan fingerprint density at radius 2 is 1.76 bits per heavy atom. The summed E-state index contributed by atoms with van der Waals surface area (Å²) in [5.74, 6) is -0.457. The summed E-state index contributed by atoms with van der Waals surface area (Å²) in [5, 5.41) is 21.8. The highest BCUT2D eigenvalue weighted by atomic mass is 19.4. The van der Waals surface area contributed by atoms with Gasteiger partial charge in [0, 0.05) is 11.6 Å². The Hall–Kier alpha value is -2.19. The Balaban J connectivity index is 3.62. The van der Waals surface area contributed by atoms with Gasteiger partial charge in [0.1, 0.15) is 0 Å². The third-order valence-corrected chi connectivity index (χ3v) is 3.17. The number of hydrogen-bond donors (Lipinski definition) is 0. The lowest BCUT2D eigenvalue weighted by Gasteiger charge is -2.16. The average Bonchev–Trinajstić information content (AvgIpc) is 2.35. The van der Waals surface area contributed by atoms with Gasteiger partial charge in [-0.05, 0) is 17.9 Å². The van der Waals surface area contributed by atoms with Gasteiger partial charge in [-0.15, -0.1) is 0 Å². The molecule has 1 rings (SSSR count). The molecule has 0 aromatic heterocycles. The molecule has 0 spiro atoms. The molecule has 0 heterocycles. The van der Waals surface area contributed by atoms with E-state index in [2.05, 4.69) is 0 Å². The van der Waals surface area contributed by atoms with Crippen LogP contribution in [-0.4, -0.2) is 16.0 Å². The molecule has 1 unspecified atom stereocenters. The molecular formula is C12H13F3N2O4. The molecule has 9 heteroatoms. The van der Waals surface area contributed by atoms with Crippen molar-refractivity contribution in [3.8, 4) is 0 Å². The van der Waals surface area contributed by atoms with Gasteiger partial charge in [-0.1, -0.05) is 13.8 Å². The lowest BCUT2D eigenvalue weighted by molar-refractivity contribution is -0.394. The molecule has 116 valence electrons. The van der Waals surface area contributed by atoms with Crippen molar-refractivity contribution in [1.82, 2.24) is 0 Å². The molecule has 0 aliphatic carbocycles. The van der Waals surface area contributed by atoms with Crippen LogP contribution in [0.2, 0.25) is 0 Å². The average molecular weight is 306 g/mol. The Kier molecular flexibility index (Phi) is 4.87. The molecule has 21 heavy (non-hydrogen) atoms. The second-order valence-electron chi connectivity index (χ2n) is 4.65. The quantitative estimate of drug-likeness (QED) is 0.604. The van der Waals surface area contributed by atoms with Gasteiger partial charge in [-0.3, -0.25) is 20.2 Å². The Labute approximate surface area is 117 Å². The monoisotopic (exact) mass is 306 g/mol. The van der Waals surface area contributed by atoms with Crippen LogP contribution in [0.1, 0.15) is 37.3 Å². The highest BCUT2D eigenvalue weighted by Crippen LogP contribution is 2.37. The first-order valence-corrected chi connectivity index (χ1v) is 6.09. The molecular weight excluding hydrogens is 293 g/mol. The van der Waals surface area contributed by atoms with Crippen LogP contribution in [0, 0.1) is 20.2 Å². The van der Waals surface area contributed by atoms with Crippen molar-refractivity contribution in [3.63, 3.8) is 0 Å². The summed E-state index contributed by atoms with van der Waals surface area (Å²) in [6.07, 6.45) is -5.72. The molecule has 0 amide bonds. The van der Waals surface area contributed by atoms with E-state index < -0.39 is 45.3 Å². The summed E-state index contributed by atoms with van der Waals surface area (Å²) < 4.78 is 37.9. The number of hydrogen-bond acceptors (Lipinski definition) is 4. The largest absolute Gasteiger partial charge is 0.393 e. The summed E-state index contributed by atoms with van der Waals surface area (Å²) in [4.78, 5) is 19.9. The van der Waals surface area contributed by atoms with E-state index in [-0.39, 0.29) is 5.56 Å². The second-order valence-corrected chi connectivity index (χ2v) is 4.65. The number of alkyl halides is 3. The summed E-state index contributed by atoms with van der Waals surface area (Å²) in [6, 6.07) is 1.56. The van der Waals surface area contributed by atoms with Gasteiger partial charge in [0.25, 0.3) is 11.4 Å². The number of halogens is 3. The van der Waals surface area contributed by atoms with Crippen molar-refractivity contribution in [2.45, 2.75) is 38.8 Å². The number of non-ortho nitro benzene ring substituents is 1. The van der Waals surface area contributed by atoms with Crippen LogP contribution >= 0.6 is 0 Å². The topological polar surface area (TPSA) is 86.3 Å². The van der Waals surface area contributed by atoms with Crippen molar-refractivity contribution in [2.75, 3.05) is 0 Å². The predicted molar refractivity (Wildman–Crippen MR) is 68.2 cm³/mol. The first-order chi connectivity index (χ1) is 9.56. The SMILES string of the molecule is CCC(C)c1cc([N+](=O)[O-])cc([N+](=O)[O-])c1CC(F)(F)F. The Morgan fingerprint density at radius 3 is 2.14 bits per heavy atom. The lowest BCUT2D eigenvalue weighted by atomic mass is 9.90. The first kappa shape index (κ1) is 16.9. The van der Waals surface area contributed by atoms with E-state index in [9.17, 15) is 33.4 Å². The van der Waals surface area contributed by atoms with Gasteiger partial charge in [-0.2, -0.15) is 13.2 Å². The minimum atomic E-state index is -4.64. The molecule has 0 aliphatic rings. The maximum Gasteiger partial charge on any atom is 0.393 e. The van der Waals surface area contributed by atoms with Gasteiger partial charge in [-0.25, -0.2) is 0 Å². The standard InChI is InChI=1S/C12H13F3N2O4/c1-3-7(2)9-4-8(16(18)19)5-11(17(20)21)10(9)6-12(13,14)15/h4-5,7H,3,6H2,1-2H3. The molecule has 0 aliphatic heterocycles. The van der Waals surface area contributed by atoms with Gasteiger partial charge < -0.3 is 0 Å². The fourth-order valence-corrected chi connectivity index (χ4v) is 1.98. The number of benzene rings is 1. The number of nitrogens with zero attached hydrogens (tertiary/aromatic N) is 2. The summed E-state index contributed by atoms with van der Waals surface area (Å²) in [5.41, 5.74) is -1.96. The smallest absolute Gasteiger partial charge is 0.258 e. The number of nitro groups is 2. The summed E-state index contributed by atoms with van der Waals surface area (Å²) in [6.45, 7) is 3.26. The Bertz CT molecular complexity index is 572. The minimum absolute atomic E-state index is 0.00396. The van der Waals surface area contributed by atoms with Crippen molar-refractivity contribution in [3.05, 3.63) is 43.5 Å². The van der Waals surface area contributed by atoms with E-state index in [4.69, 9.17) is 0 Å². The zero-order chi connectivity index (χ0) is 16.4. The molecule has 6 nitrogen and oxygen atoms in total. The van der Waals surface area contributed by atoms with Gasteiger partial charge >= 0.3 is 6.18 Å². The molecule has 0 saturated heterocycles. The van der Waals surface area contributed by atoms with Crippen molar-refractivity contribution >= 4 is 11.4 Å². The fraction of sp³-hybridized carbons (Fsp3) is 0.500. The van der Waals surface area contributed by atoms with E-state index in [0.717, 1.165) is 6.07 Å². The maximum atomic E-state index is 12.6. The van der Waals surface area contributed by atoms with Crippen LogP contribution in [0.3, 0.4) is 0 Å². The highest BCUT2D eigenvalue weighted by molar-refractivity contribution is 5.55. The van der Waals surface area contributed by atoms with Crippen LogP contribution < -0.4 is 0 Å². The van der Waals surface area contributed by atoms with E-state index in [1.807, 2.05) is 0 Å². The predicted octanol–water partition coefficient (Wildman–Crippen LogP) is 4.12. The first-order valence-electron chi connectivity index (χ1n) is 6.09. The van der Waals surface area contributed by atoms with Crippen molar-refractivity contribution in [2.24, 2.45) is 0 Å². The number of rotatable bonds is 5. The van der Waals surface area contributed by atoms with E-state index in [1.54, 1.807) is 13.8 Å². The van der Waals surface area contributed by atoms with Crippen LogP contribution in [0.5, 0.6) is 0 Å². The van der Waals surface area contributed by atoms with E-state index in [0.29, 0.717) is 12.5 Å². The van der Waals surface area contributed by atoms with Crippen molar-refractivity contribution in [1.29, 1.82) is 0 Å². The Morgan fingerprint density at radius 1 is 1.19 bits per heavy atom. The van der Waals surface area contributed by atoms with E-state index in [1.165, 1.54) is 0 Å². The van der Waals surface area contributed by atoms with Gasteiger partial charge in [0.2, 0.25) is 0 Å². The summed E-state index contributed by atoms with van der Waals surface area (Å²) in [7, 11) is 0. The van der Waals surface area contributed by atoms with Crippen molar-refractivity contribution < 1.29 is 23.0 Å². The normalized spacial score (nSPS) is 13.0. The highest BCUT2D eigenvalue weighted by Gasteiger charge is 2.35. The third kappa shape index (κ3) is 4.14. The minimum Gasteiger partial charge on any atom is -0.258 e. The maximum absolute atomic E-state index is 12.6. The molecule has 0 radical (unpaired) electrons. The van der Waals surface area contributed by atoms with Crippen LogP contribution in [0.25, 0.3) is 0 Å². The molecule has 0 fully saturated rings. The van der Waals surface area contributed by atoms with Gasteiger partial charge in [0.15, 0.2) is 0 Å². The molecule has 0 saturated carbocycles. The van der Waals surface area contributed by atoms with Gasteiger partial charge in [0.05, 0.1) is 22.3 Å². The molecule has 0 bridgehead atoms. The van der Waals surface area contributed by atoms with Crippen LogP contribution in [0.4, 0.5) is 24.5 Å². The zero-order valence-corrected chi connectivity index (χ0v) is 11.3. The third-order valence-electron chi connectivity index (χ3n) is 3.17. The fourth-order valence-electron chi connectivity index (χ4n) is 1.98. The molecule has 1 aromatic rings. The number of nitro benzene ring substituents is 2.